The van der Waals surface area contributed by atoms with E-state index in [4.69, 9.17) is 26.1 Å². The van der Waals surface area contributed by atoms with Crippen molar-refractivity contribution in [2.24, 2.45) is 5.10 Å². The summed E-state index contributed by atoms with van der Waals surface area (Å²) in [6, 6.07) is 12.5. The number of hydrogen-bond acceptors (Lipinski definition) is 6. The maximum Gasteiger partial charge on any atom is 0.282 e. The number of aryl methyl sites for hydroxylation is 1. The average Bonchev–Trinajstić information content (AvgIpc) is 2.94. The number of carbonyl (C=O) groups excluding carboxylic acids is 1. The molecule has 1 heterocycles. The minimum Gasteiger partial charge on any atom is -0.490 e. The Hall–Kier alpha value is -3.28. The van der Waals surface area contributed by atoms with Gasteiger partial charge in [-0.05, 0) is 71.7 Å². The number of benzene rings is 3. The van der Waals surface area contributed by atoms with Crippen LogP contribution in [0.25, 0.3) is 10.9 Å². The summed E-state index contributed by atoms with van der Waals surface area (Å²) in [5, 5.41) is 7.64. The first kappa shape index (κ1) is 30.7. The lowest BCUT2D eigenvalue weighted by Gasteiger charge is -2.16. The number of nitrogens with zero attached hydrogens (tertiary/aromatic N) is 3. The molecular formula is C29H26Br2ClFN4O4. The number of unbranched alkanes of at least 4 members (excludes halogenated alkanes) is 1. The van der Waals surface area contributed by atoms with E-state index >= 15 is 0 Å². The van der Waals surface area contributed by atoms with Crippen LogP contribution < -0.4 is 20.3 Å². The van der Waals surface area contributed by atoms with Crippen LogP contribution in [-0.2, 0) is 11.2 Å². The highest BCUT2D eigenvalue weighted by Crippen LogP contribution is 2.42. The van der Waals surface area contributed by atoms with E-state index in [-0.39, 0.29) is 22.1 Å². The maximum absolute atomic E-state index is 13.4. The van der Waals surface area contributed by atoms with E-state index in [1.54, 1.807) is 31.2 Å². The van der Waals surface area contributed by atoms with Crippen molar-refractivity contribution >= 4 is 72.2 Å². The van der Waals surface area contributed by atoms with Gasteiger partial charge in [-0.1, -0.05) is 46.9 Å². The van der Waals surface area contributed by atoms with E-state index in [1.165, 1.54) is 29.1 Å². The Morgan fingerprint density at radius 1 is 1.17 bits per heavy atom. The second kappa shape index (κ2) is 14.1. The van der Waals surface area contributed by atoms with Crippen LogP contribution in [-0.4, -0.2) is 35.0 Å². The number of anilines is 1. The van der Waals surface area contributed by atoms with Crippen LogP contribution in [0, 0.1) is 5.82 Å². The van der Waals surface area contributed by atoms with Gasteiger partial charge in [0, 0.05) is 26.6 Å². The van der Waals surface area contributed by atoms with Gasteiger partial charge in [0.15, 0.2) is 18.1 Å². The van der Waals surface area contributed by atoms with Crippen molar-refractivity contribution in [2.45, 2.75) is 33.1 Å². The molecule has 0 atom stereocenters. The van der Waals surface area contributed by atoms with Crippen LogP contribution in [0.15, 0.2) is 67.4 Å². The van der Waals surface area contributed by atoms with Gasteiger partial charge in [0.1, 0.15) is 16.7 Å². The first-order valence-electron chi connectivity index (χ1n) is 12.8. The molecule has 1 amide bonds. The molecule has 214 valence electrons. The van der Waals surface area contributed by atoms with Crippen LogP contribution in [0.3, 0.4) is 0 Å². The molecule has 0 fully saturated rings. The molecular weight excluding hydrogens is 683 g/mol. The van der Waals surface area contributed by atoms with Crippen molar-refractivity contribution in [3.8, 4) is 11.5 Å². The van der Waals surface area contributed by atoms with Crippen LogP contribution in [0.4, 0.5) is 10.1 Å². The molecule has 4 rings (SSSR count). The average molecular weight is 709 g/mol. The monoisotopic (exact) mass is 706 g/mol. The summed E-state index contributed by atoms with van der Waals surface area (Å²) in [5.74, 6) is -0.0202. The predicted octanol–water partition coefficient (Wildman–Crippen LogP) is 7.36. The predicted molar refractivity (Wildman–Crippen MR) is 166 cm³/mol. The molecule has 3 aromatic carbocycles. The SMILES string of the molecule is CCCCc1nc2ccc(Br)cc2c(=O)n1N=Cc1cc(OCC)c(OCC(=O)Nc2cccc(F)c2)c(Cl)c1Br. The summed E-state index contributed by atoms with van der Waals surface area (Å²) >= 11 is 13.5. The van der Waals surface area contributed by atoms with Crippen LogP contribution in [0.2, 0.25) is 5.02 Å². The van der Waals surface area contributed by atoms with Crippen molar-refractivity contribution in [3.63, 3.8) is 0 Å². The van der Waals surface area contributed by atoms with Gasteiger partial charge in [0.2, 0.25) is 0 Å². The van der Waals surface area contributed by atoms with Crippen molar-refractivity contribution < 1.29 is 18.7 Å². The van der Waals surface area contributed by atoms with E-state index in [2.05, 4.69) is 49.2 Å². The maximum atomic E-state index is 13.4. The molecule has 41 heavy (non-hydrogen) atoms. The molecule has 0 saturated carbocycles. The Morgan fingerprint density at radius 2 is 1.98 bits per heavy atom. The minimum absolute atomic E-state index is 0.143. The second-order valence-corrected chi connectivity index (χ2v) is 10.9. The van der Waals surface area contributed by atoms with Gasteiger partial charge in [-0.15, -0.1) is 0 Å². The lowest BCUT2D eigenvalue weighted by Crippen LogP contribution is -2.22. The zero-order valence-corrected chi connectivity index (χ0v) is 26.1. The molecule has 0 bridgehead atoms. The Morgan fingerprint density at radius 3 is 2.71 bits per heavy atom. The highest BCUT2D eigenvalue weighted by atomic mass is 79.9. The molecule has 0 aliphatic heterocycles. The highest BCUT2D eigenvalue weighted by Gasteiger charge is 2.19. The summed E-state index contributed by atoms with van der Waals surface area (Å²) in [6.07, 6.45) is 3.83. The van der Waals surface area contributed by atoms with Gasteiger partial charge in [0.05, 0.1) is 23.7 Å². The highest BCUT2D eigenvalue weighted by molar-refractivity contribution is 9.10. The summed E-state index contributed by atoms with van der Waals surface area (Å²) in [6.45, 7) is 3.75. The van der Waals surface area contributed by atoms with Crippen molar-refractivity contribution in [1.29, 1.82) is 0 Å². The van der Waals surface area contributed by atoms with Crippen LogP contribution >= 0.6 is 43.5 Å². The number of nitrogens with one attached hydrogen (secondary N) is 1. The normalized spacial score (nSPS) is 11.3. The van der Waals surface area contributed by atoms with Gasteiger partial charge in [0.25, 0.3) is 11.5 Å². The molecule has 1 N–H and O–H groups in total. The fraction of sp³-hybridized carbons (Fsp3) is 0.241. The largest absolute Gasteiger partial charge is 0.490 e. The molecule has 0 aliphatic rings. The Labute approximate surface area is 257 Å². The number of ether oxygens (including phenoxy) is 2. The van der Waals surface area contributed by atoms with E-state index < -0.39 is 18.3 Å². The van der Waals surface area contributed by atoms with Gasteiger partial charge < -0.3 is 14.8 Å². The second-order valence-electron chi connectivity index (χ2n) is 8.86. The van der Waals surface area contributed by atoms with Gasteiger partial charge in [-0.25, -0.2) is 9.37 Å². The number of amides is 1. The number of carbonyl (C=O) groups is 1. The minimum atomic E-state index is -0.509. The molecule has 1 aromatic heterocycles. The molecule has 0 saturated heterocycles. The molecule has 0 radical (unpaired) electrons. The summed E-state index contributed by atoms with van der Waals surface area (Å²) in [5.41, 5.74) is 1.11. The van der Waals surface area contributed by atoms with Crippen molar-refractivity contribution in [1.82, 2.24) is 9.66 Å². The first-order chi connectivity index (χ1) is 19.7. The fourth-order valence-electron chi connectivity index (χ4n) is 3.93. The number of rotatable bonds is 11. The summed E-state index contributed by atoms with van der Waals surface area (Å²) in [7, 11) is 0. The molecule has 8 nitrogen and oxygen atoms in total. The quantitative estimate of drug-likeness (QED) is 0.165. The van der Waals surface area contributed by atoms with Gasteiger partial charge in [-0.2, -0.15) is 9.78 Å². The molecule has 4 aromatic rings. The zero-order valence-electron chi connectivity index (χ0n) is 22.2. The molecule has 12 heteroatoms. The summed E-state index contributed by atoms with van der Waals surface area (Å²) < 4.78 is 27.4. The van der Waals surface area contributed by atoms with E-state index in [1.807, 2.05) is 6.07 Å². The fourth-order valence-corrected chi connectivity index (χ4v) is 4.94. The lowest BCUT2D eigenvalue weighted by atomic mass is 10.2. The standard InChI is InChI=1S/C29H26Br2ClFN4O4/c1-3-5-9-24-36-22-11-10-18(30)13-21(22)29(39)37(24)34-15-17-12-23(40-4-2)28(27(32)26(17)31)41-16-25(38)35-20-8-6-7-19(33)14-20/h6-8,10-15H,3-5,9,16H2,1-2H3,(H,35,38). The third-order valence-corrected chi connectivity index (χ3v) is 7.79. The molecule has 0 spiro atoms. The van der Waals surface area contributed by atoms with Gasteiger partial charge in [-0.3, -0.25) is 9.59 Å². The van der Waals surface area contributed by atoms with Gasteiger partial charge >= 0.3 is 0 Å². The van der Waals surface area contributed by atoms with Crippen LogP contribution in [0.1, 0.15) is 38.1 Å². The zero-order chi connectivity index (χ0) is 29.5. The summed E-state index contributed by atoms with van der Waals surface area (Å²) in [4.78, 5) is 30.5. The third kappa shape index (κ3) is 7.52. The van der Waals surface area contributed by atoms with Crippen molar-refractivity contribution in [3.05, 3.63) is 90.1 Å². The Balaban J connectivity index is 1.65. The lowest BCUT2D eigenvalue weighted by molar-refractivity contribution is -0.118. The smallest absolute Gasteiger partial charge is 0.282 e. The number of halogens is 4. The first-order valence-corrected chi connectivity index (χ1v) is 14.8. The van der Waals surface area contributed by atoms with E-state index in [0.717, 1.165) is 17.3 Å². The topological polar surface area (TPSA) is 94.8 Å². The van der Waals surface area contributed by atoms with Crippen LogP contribution in [0.5, 0.6) is 11.5 Å². The molecule has 0 unspecified atom stereocenters. The number of hydrogen-bond donors (Lipinski definition) is 1. The van der Waals surface area contributed by atoms with E-state index in [9.17, 15) is 14.0 Å². The van der Waals surface area contributed by atoms with E-state index in [0.29, 0.717) is 45.5 Å². The Kier molecular flexibility index (Phi) is 10.5. The number of fused-ring (bicyclic) bond motifs is 1. The van der Waals surface area contributed by atoms with Crippen molar-refractivity contribution in [2.75, 3.05) is 18.5 Å². The Bertz CT molecular complexity index is 1680. The third-order valence-electron chi connectivity index (χ3n) is 5.85. The molecule has 0 aliphatic carbocycles. The number of aromatic nitrogens is 2.